The van der Waals surface area contributed by atoms with Crippen LogP contribution in [0.1, 0.15) is 39.0 Å². The molecule has 0 saturated carbocycles. The van der Waals surface area contributed by atoms with E-state index in [1.165, 1.54) is 34.6 Å². The van der Waals surface area contributed by atoms with E-state index < -0.39 is 0 Å². The lowest BCUT2D eigenvalue weighted by Gasteiger charge is -2.37. The van der Waals surface area contributed by atoms with Crippen LogP contribution in [0.25, 0.3) is 6.08 Å². The number of hydrogen-bond donors (Lipinski definition) is 1. The van der Waals surface area contributed by atoms with E-state index in [9.17, 15) is 14.0 Å². The van der Waals surface area contributed by atoms with Crippen LogP contribution < -0.4 is 15.1 Å². The van der Waals surface area contributed by atoms with Crippen molar-refractivity contribution >= 4 is 41.0 Å². The number of benzene rings is 4. The molecule has 1 fully saturated rings. The monoisotopic (exact) mass is 634 g/mol. The summed E-state index contributed by atoms with van der Waals surface area (Å²) in [6.07, 6.45) is 2.72. The van der Waals surface area contributed by atoms with Crippen LogP contribution in [0.5, 0.6) is 0 Å². The number of halogens is 1. The molecule has 2 aliphatic heterocycles. The van der Waals surface area contributed by atoms with Gasteiger partial charge in [0.15, 0.2) is 0 Å². The fraction of sp³-hybridized carbons (Fsp3) is 0.263. The van der Waals surface area contributed by atoms with Crippen LogP contribution in [-0.2, 0) is 11.3 Å². The van der Waals surface area contributed by atoms with E-state index in [0.29, 0.717) is 22.6 Å². The van der Waals surface area contributed by atoms with Crippen molar-refractivity contribution in [3.8, 4) is 0 Å². The molecule has 4 aromatic carbocycles. The van der Waals surface area contributed by atoms with E-state index in [4.69, 9.17) is 0 Å². The molecule has 8 heteroatoms. The molecule has 236 valence electrons. The van der Waals surface area contributed by atoms with Crippen molar-refractivity contribution in [3.05, 3.63) is 130 Å². The molecule has 0 spiro atoms. The van der Waals surface area contributed by atoms with E-state index in [2.05, 4.69) is 47.2 Å². The first-order valence-corrected chi connectivity index (χ1v) is 16.6. The predicted molar refractivity (Wildman–Crippen MR) is 186 cm³/mol. The van der Waals surface area contributed by atoms with Gasteiger partial charge in [0.25, 0.3) is 11.8 Å². The molecule has 6 nitrogen and oxygen atoms in total. The predicted octanol–water partition coefficient (Wildman–Crippen LogP) is 7.06. The highest BCUT2D eigenvalue weighted by atomic mass is 32.2. The molecule has 2 heterocycles. The number of para-hydroxylation sites is 1. The van der Waals surface area contributed by atoms with Gasteiger partial charge in [0.1, 0.15) is 5.82 Å². The number of carbonyl (C=O) groups excluding carboxylic acids is 2. The number of fused-ring (bicyclic) bond motifs is 1. The van der Waals surface area contributed by atoms with Crippen molar-refractivity contribution in [2.45, 2.75) is 31.7 Å². The molecule has 2 aliphatic rings. The molecule has 6 rings (SSSR count). The minimum absolute atomic E-state index is 0.105. The number of rotatable bonds is 9. The molecular weight excluding hydrogens is 596 g/mol. The SMILES string of the molecule is Cc1ccc(C)c(N2CCN(CCCNC(=O)c3ccc(C=C4Sc5ccccc5N(Cc5ccccc5F)C4=O)cc3)CC2)c1. The van der Waals surface area contributed by atoms with Gasteiger partial charge in [-0.25, -0.2) is 4.39 Å². The Morgan fingerprint density at radius 1 is 0.891 bits per heavy atom. The van der Waals surface area contributed by atoms with Gasteiger partial charge in [-0.3, -0.25) is 14.5 Å². The van der Waals surface area contributed by atoms with E-state index >= 15 is 0 Å². The summed E-state index contributed by atoms with van der Waals surface area (Å²) in [6.45, 7) is 10.1. The molecule has 0 atom stereocenters. The summed E-state index contributed by atoms with van der Waals surface area (Å²) in [7, 11) is 0. The molecule has 0 aliphatic carbocycles. The van der Waals surface area contributed by atoms with Crippen LogP contribution >= 0.6 is 11.8 Å². The lowest BCUT2D eigenvalue weighted by Crippen LogP contribution is -2.47. The first-order chi connectivity index (χ1) is 22.4. The molecule has 0 bridgehead atoms. The van der Waals surface area contributed by atoms with Crippen LogP contribution in [0.2, 0.25) is 0 Å². The highest BCUT2D eigenvalue weighted by Crippen LogP contribution is 2.42. The molecule has 46 heavy (non-hydrogen) atoms. The third-order valence-electron chi connectivity index (χ3n) is 8.60. The lowest BCUT2D eigenvalue weighted by molar-refractivity contribution is -0.114. The Kier molecular flexibility index (Phi) is 9.85. The third kappa shape index (κ3) is 7.35. The number of nitrogens with one attached hydrogen (secondary N) is 1. The van der Waals surface area contributed by atoms with Crippen LogP contribution in [0.4, 0.5) is 15.8 Å². The molecular formula is C38H39FN4O2S. The van der Waals surface area contributed by atoms with Gasteiger partial charge in [0, 0.05) is 54.4 Å². The van der Waals surface area contributed by atoms with Gasteiger partial charge in [-0.2, -0.15) is 0 Å². The van der Waals surface area contributed by atoms with Crippen molar-refractivity contribution in [1.29, 1.82) is 0 Å². The van der Waals surface area contributed by atoms with Gasteiger partial charge >= 0.3 is 0 Å². The Morgan fingerprint density at radius 2 is 1.63 bits per heavy atom. The first kappa shape index (κ1) is 31.6. The first-order valence-electron chi connectivity index (χ1n) is 15.8. The quantitative estimate of drug-likeness (QED) is 0.158. The Morgan fingerprint density at radius 3 is 2.41 bits per heavy atom. The summed E-state index contributed by atoms with van der Waals surface area (Å²) in [6, 6.07) is 28.1. The zero-order valence-electron chi connectivity index (χ0n) is 26.3. The number of aryl methyl sites for hydroxylation is 2. The van der Waals surface area contributed by atoms with Gasteiger partial charge < -0.3 is 15.1 Å². The number of thioether (sulfide) groups is 1. The normalized spacial score (nSPS) is 16.1. The second-order valence-electron chi connectivity index (χ2n) is 11.9. The van der Waals surface area contributed by atoms with E-state index in [0.717, 1.165) is 55.3 Å². The maximum Gasteiger partial charge on any atom is 0.265 e. The number of anilines is 2. The second kappa shape index (κ2) is 14.4. The van der Waals surface area contributed by atoms with E-state index in [1.54, 1.807) is 35.2 Å². The summed E-state index contributed by atoms with van der Waals surface area (Å²) in [5.74, 6) is -0.621. The standard InChI is InChI=1S/C38H39FN4O2S/c1-27-12-13-28(2)34(24-27)42-22-20-41(21-23-42)19-7-18-40-37(44)30-16-14-29(15-17-30)25-36-38(45)43(26-31-8-3-4-9-32(31)39)33-10-5-6-11-35(33)46-36/h3-6,8-17,24-25H,7,18-23,26H2,1-2H3,(H,40,44). The third-order valence-corrected chi connectivity index (χ3v) is 9.68. The van der Waals surface area contributed by atoms with Gasteiger partial charge in [-0.05, 0) is 86.0 Å². The lowest BCUT2D eigenvalue weighted by atomic mass is 10.1. The van der Waals surface area contributed by atoms with Crippen LogP contribution in [0.15, 0.2) is 101 Å². The highest BCUT2D eigenvalue weighted by molar-refractivity contribution is 8.04. The van der Waals surface area contributed by atoms with Crippen molar-refractivity contribution < 1.29 is 14.0 Å². The average Bonchev–Trinajstić information content (AvgIpc) is 3.07. The van der Waals surface area contributed by atoms with Crippen molar-refractivity contribution in [2.24, 2.45) is 0 Å². The summed E-state index contributed by atoms with van der Waals surface area (Å²) in [5, 5.41) is 3.05. The highest BCUT2D eigenvalue weighted by Gasteiger charge is 2.29. The van der Waals surface area contributed by atoms with Crippen molar-refractivity contribution in [1.82, 2.24) is 10.2 Å². The van der Waals surface area contributed by atoms with Gasteiger partial charge in [0.2, 0.25) is 0 Å². The zero-order chi connectivity index (χ0) is 32.0. The molecule has 0 radical (unpaired) electrons. The molecule has 0 unspecified atom stereocenters. The Hall–Kier alpha value is -4.40. The largest absolute Gasteiger partial charge is 0.369 e. The Balaban J connectivity index is 1.01. The smallest absolute Gasteiger partial charge is 0.265 e. The minimum atomic E-state index is -0.336. The topological polar surface area (TPSA) is 55.9 Å². The van der Waals surface area contributed by atoms with Crippen LogP contribution in [0.3, 0.4) is 0 Å². The second-order valence-corrected chi connectivity index (χ2v) is 13.0. The molecule has 1 N–H and O–H groups in total. The maximum atomic E-state index is 14.5. The minimum Gasteiger partial charge on any atom is -0.369 e. The van der Waals surface area contributed by atoms with Gasteiger partial charge in [-0.15, -0.1) is 0 Å². The van der Waals surface area contributed by atoms with E-state index in [1.807, 2.05) is 42.5 Å². The van der Waals surface area contributed by atoms with Gasteiger partial charge in [-0.1, -0.05) is 66.4 Å². The van der Waals surface area contributed by atoms with Crippen LogP contribution in [0, 0.1) is 19.7 Å². The zero-order valence-corrected chi connectivity index (χ0v) is 27.2. The van der Waals surface area contributed by atoms with Crippen molar-refractivity contribution in [3.63, 3.8) is 0 Å². The summed E-state index contributed by atoms with van der Waals surface area (Å²) in [4.78, 5) is 34.5. The number of carbonyl (C=O) groups is 2. The molecule has 2 amide bonds. The fourth-order valence-corrected chi connectivity index (χ4v) is 7.04. The van der Waals surface area contributed by atoms with Gasteiger partial charge in [0.05, 0.1) is 17.1 Å². The van der Waals surface area contributed by atoms with Crippen LogP contribution in [-0.4, -0.2) is 56.0 Å². The Labute approximate surface area is 274 Å². The number of amides is 2. The molecule has 4 aromatic rings. The molecule has 0 aromatic heterocycles. The number of piperazine rings is 1. The summed E-state index contributed by atoms with van der Waals surface area (Å²) >= 11 is 1.40. The Bertz CT molecular complexity index is 1750. The summed E-state index contributed by atoms with van der Waals surface area (Å²) < 4.78 is 14.5. The number of hydrogen-bond acceptors (Lipinski definition) is 5. The summed E-state index contributed by atoms with van der Waals surface area (Å²) in [5.41, 5.74) is 6.58. The van der Waals surface area contributed by atoms with E-state index in [-0.39, 0.29) is 24.2 Å². The fourth-order valence-electron chi connectivity index (χ4n) is 5.98. The number of nitrogens with zero attached hydrogens (tertiary/aromatic N) is 3. The van der Waals surface area contributed by atoms with Crippen molar-refractivity contribution in [2.75, 3.05) is 49.1 Å². The maximum absolute atomic E-state index is 14.5. The molecule has 1 saturated heterocycles. The average molecular weight is 635 g/mol.